The van der Waals surface area contributed by atoms with E-state index in [9.17, 15) is 34.9 Å². The largest absolute Gasteiger partial charge is 0.632 e. The van der Waals surface area contributed by atoms with Gasteiger partial charge in [0.2, 0.25) is 0 Å². The van der Waals surface area contributed by atoms with Crippen molar-refractivity contribution in [3.8, 4) is 0 Å². The van der Waals surface area contributed by atoms with Crippen LogP contribution in [-0.2, 0) is 23.8 Å². The summed E-state index contributed by atoms with van der Waals surface area (Å²) in [5, 5.41) is 47.0. The molecular weight excluding hydrogens is 668 g/mol. The number of aliphatic hydroxyl groups is 3. The van der Waals surface area contributed by atoms with Crippen LogP contribution in [0.1, 0.15) is 112 Å². The fourth-order valence-electron chi connectivity index (χ4n) is 7.96. The Morgan fingerprint density at radius 1 is 1.17 bits per heavy atom. The minimum absolute atomic E-state index is 0.0634. The maximum atomic E-state index is 13.7. The van der Waals surface area contributed by atoms with Crippen LogP contribution in [0.4, 0.5) is 4.79 Å². The van der Waals surface area contributed by atoms with Crippen LogP contribution < -0.4 is 0 Å². The van der Waals surface area contributed by atoms with Crippen LogP contribution in [-0.4, -0.2) is 117 Å². The zero-order valence-corrected chi connectivity index (χ0v) is 32.2. The van der Waals surface area contributed by atoms with E-state index in [1.165, 1.54) is 12.8 Å². The van der Waals surface area contributed by atoms with Crippen molar-refractivity contribution in [2.24, 2.45) is 11.8 Å². The number of epoxide rings is 1. The van der Waals surface area contributed by atoms with E-state index in [4.69, 9.17) is 14.2 Å². The number of rotatable bonds is 10. The van der Waals surface area contributed by atoms with Crippen molar-refractivity contribution >= 4 is 17.8 Å². The number of amides is 1. The molecular formula is C40H64N2O10. The first kappa shape index (κ1) is 42.1. The Morgan fingerprint density at radius 2 is 1.83 bits per heavy atom. The summed E-state index contributed by atoms with van der Waals surface area (Å²) in [5.74, 6) is -1.09. The number of carbonyl (C=O) groups is 3. The van der Waals surface area contributed by atoms with Crippen LogP contribution in [0.5, 0.6) is 0 Å². The zero-order chi connectivity index (χ0) is 38.3. The second-order valence-corrected chi connectivity index (χ2v) is 16.3. The lowest BCUT2D eigenvalue weighted by Crippen LogP contribution is -2.61. The van der Waals surface area contributed by atoms with Gasteiger partial charge >= 0.3 is 12.1 Å². The Kier molecular flexibility index (Phi) is 14.7. The lowest BCUT2D eigenvalue weighted by atomic mass is 9.88. The predicted octanol–water partition coefficient (Wildman–Crippen LogP) is 5.27. The van der Waals surface area contributed by atoms with E-state index in [-0.39, 0.29) is 66.9 Å². The number of hydrogen-bond donors (Lipinski definition) is 3. The number of quaternary nitrogens is 1. The minimum Gasteiger partial charge on any atom is -0.632 e. The number of allylic oxidation sites excluding steroid dienone is 2. The van der Waals surface area contributed by atoms with Gasteiger partial charge in [-0.15, -0.1) is 0 Å². The molecule has 0 bridgehead atoms. The molecule has 2 saturated heterocycles. The lowest BCUT2D eigenvalue weighted by molar-refractivity contribution is -0.909. The summed E-state index contributed by atoms with van der Waals surface area (Å²) < 4.78 is 17.2. The molecule has 0 aromatic carbocycles. The van der Waals surface area contributed by atoms with Crippen LogP contribution in [0, 0.1) is 17.0 Å². The number of nitrogens with zero attached hydrogens (tertiary/aromatic N) is 2. The van der Waals surface area contributed by atoms with E-state index >= 15 is 0 Å². The predicted molar refractivity (Wildman–Crippen MR) is 197 cm³/mol. The molecule has 3 aliphatic heterocycles. The smallest absolute Gasteiger partial charge is 0.410 e. The number of piperazine rings is 1. The molecule has 0 unspecified atom stereocenters. The second-order valence-electron chi connectivity index (χ2n) is 16.3. The van der Waals surface area contributed by atoms with Crippen LogP contribution in [0.15, 0.2) is 36.0 Å². The molecule has 0 radical (unpaired) electrons. The van der Waals surface area contributed by atoms with Crippen LogP contribution in [0.2, 0.25) is 0 Å². The normalized spacial score (nSPS) is 34.3. The second kappa shape index (κ2) is 18.1. The fourth-order valence-corrected chi connectivity index (χ4v) is 7.96. The molecule has 1 amide bonds. The highest BCUT2D eigenvalue weighted by molar-refractivity contribution is 5.81. The lowest BCUT2D eigenvalue weighted by Gasteiger charge is -2.53. The maximum absolute atomic E-state index is 13.7. The molecule has 9 atom stereocenters. The van der Waals surface area contributed by atoms with E-state index in [2.05, 4.69) is 0 Å². The summed E-state index contributed by atoms with van der Waals surface area (Å²) in [5.41, 5.74) is -2.08. The number of hydrogen-bond acceptors (Lipinski definition) is 10. The SMILES string of the molecule is CCC(=O)[C@@H](C)[C@H]1O[C@@H]1C[C@@](C)(O)C=CC=C(C)[C@H]1OC(=O)C[C@H](O)CC[C@@](C)(O)[C@@H](OC(=O)N2CC[N+]([O-])(C3CCCCCC3)CC2)C=C[C@@H]1C. The number of carbonyl (C=O) groups excluding carboxylic acids is 3. The van der Waals surface area contributed by atoms with Gasteiger partial charge in [-0.1, -0.05) is 57.9 Å². The molecule has 12 nitrogen and oxygen atoms in total. The van der Waals surface area contributed by atoms with Crippen molar-refractivity contribution in [3.63, 3.8) is 0 Å². The van der Waals surface area contributed by atoms with Gasteiger partial charge < -0.3 is 39.4 Å². The molecule has 4 rings (SSSR count). The van der Waals surface area contributed by atoms with Crippen molar-refractivity contribution in [2.75, 3.05) is 26.2 Å². The summed E-state index contributed by atoms with van der Waals surface area (Å²) >= 11 is 0. The first-order valence-electron chi connectivity index (χ1n) is 19.5. The number of cyclic esters (lactones) is 1. The Labute approximate surface area is 310 Å². The Balaban J connectivity index is 1.44. The van der Waals surface area contributed by atoms with E-state index in [0.29, 0.717) is 31.5 Å². The van der Waals surface area contributed by atoms with Gasteiger partial charge in [-0.3, -0.25) is 14.5 Å². The number of hydroxylamine groups is 3. The number of Topliss-reactive ketones (excluding diaryl/α,β-unsaturated/α-hetero) is 1. The highest BCUT2D eigenvalue weighted by Gasteiger charge is 2.47. The van der Waals surface area contributed by atoms with E-state index in [0.717, 1.165) is 25.7 Å². The van der Waals surface area contributed by atoms with Crippen molar-refractivity contribution in [2.45, 2.75) is 160 Å². The van der Waals surface area contributed by atoms with Gasteiger partial charge in [0.15, 0.2) is 6.10 Å². The first-order valence-corrected chi connectivity index (χ1v) is 19.5. The van der Waals surface area contributed by atoms with Gasteiger partial charge in [-0.25, -0.2) is 4.79 Å². The van der Waals surface area contributed by atoms with Gasteiger partial charge in [-0.2, -0.15) is 0 Å². The van der Waals surface area contributed by atoms with Gasteiger partial charge in [0, 0.05) is 24.7 Å². The Bertz CT molecular complexity index is 1310. The third-order valence-corrected chi connectivity index (χ3v) is 11.6. The number of ether oxygens (including phenoxy) is 3. The van der Waals surface area contributed by atoms with Gasteiger partial charge in [0.25, 0.3) is 0 Å². The van der Waals surface area contributed by atoms with Crippen molar-refractivity contribution in [1.82, 2.24) is 4.90 Å². The molecule has 4 aliphatic rings. The maximum Gasteiger partial charge on any atom is 0.410 e. The van der Waals surface area contributed by atoms with Crippen LogP contribution in [0.25, 0.3) is 0 Å². The molecule has 1 saturated carbocycles. The fraction of sp³-hybridized carbons (Fsp3) is 0.775. The quantitative estimate of drug-likeness (QED) is 0.0512. The number of esters is 1. The Morgan fingerprint density at radius 3 is 2.46 bits per heavy atom. The van der Waals surface area contributed by atoms with E-state index in [1.54, 1.807) is 56.1 Å². The topological polar surface area (TPSA) is 169 Å². The van der Waals surface area contributed by atoms with Gasteiger partial charge in [0.1, 0.15) is 17.5 Å². The summed E-state index contributed by atoms with van der Waals surface area (Å²) in [6.07, 6.45) is 11.5. The highest BCUT2D eigenvalue weighted by atomic mass is 16.6. The van der Waals surface area contributed by atoms with Gasteiger partial charge in [0.05, 0.1) is 62.6 Å². The molecule has 3 N–H and O–H groups in total. The molecule has 12 heteroatoms. The van der Waals surface area contributed by atoms with Crippen LogP contribution >= 0.6 is 0 Å². The molecule has 0 spiro atoms. The Hall–Kier alpha value is -2.61. The third-order valence-electron chi connectivity index (χ3n) is 11.6. The summed E-state index contributed by atoms with van der Waals surface area (Å²) in [6, 6.07) is 0.0733. The van der Waals surface area contributed by atoms with Crippen molar-refractivity contribution < 1.29 is 48.6 Å². The number of ketones is 1. The molecule has 3 heterocycles. The molecule has 0 aromatic rings. The average Bonchev–Trinajstić information content (AvgIpc) is 3.90. The minimum atomic E-state index is -1.55. The summed E-state index contributed by atoms with van der Waals surface area (Å²) in [7, 11) is 0. The highest BCUT2D eigenvalue weighted by Crippen LogP contribution is 2.37. The molecule has 52 heavy (non-hydrogen) atoms. The van der Waals surface area contributed by atoms with Crippen LogP contribution in [0.3, 0.4) is 0 Å². The first-order chi connectivity index (χ1) is 24.4. The standard InChI is InChI=1S/C40H64N2O10/c1-7-32(44)29(4)37-33(50-37)26-39(5,47)19-12-13-27(2)36-28(3)16-17-34(40(6,48)20-18-31(43)25-35(45)52-36)51-38(46)41-21-23-42(49,24-22-41)30-14-10-8-9-11-15-30/h12-13,16-17,19,28-31,33-34,36-37,43,47-48H,7-11,14-15,18,20-26H2,1-6H3/t28-,29+,31+,33+,34-,36+,37+,39-,40+/m0/s1. The summed E-state index contributed by atoms with van der Waals surface area (Å²) in [6.45, 7) is 11.7. The van der Waals surface area contributed by atoms with Crippen molar-refractivity contribution in [1.29, 1.82) is 0 Å². The summed E-state index contributed by atoms with van der Waals surface area (Å²) in [4.78, 5) is 40.0. The van der Waals surface area contributed by atoms with E-state index < -0.39 is 47.5 Å². The van der Waals surface area contributed by atoms with Crippen molar-refractivity contribution in [3.05, 3.63) is 41.2 Å². The molecule has 3 fully saturated rings. The molecule has 1 aliphatic carbocycles. The van der Waals surface area contributed by atoms with Gasteiger partial charge in [-0.05, 0) is 70.9 Å². The average molecular weight is 733 g/mol. The molecule has 294 valence electrons. The molecule has 0 aromatic heterocycles. The monoisotopic (exact) mass is 732 g/mol. The van der Waals surface area contributed by atoms with E-state index in [1.807, 2.05) is 20.8 Å². The zero-order valence-electron chi connectivity index (χ0n) is 32.2. The third kappa shape index (κ3) is 11.7. The number of aliphatic hydroxyl groups excluding tert-OH is 1.